The summed E-state index contributed by atoms with van der Waals surface area (Å²) in [6, 6.07) is 8.97. The lowest BCUT2D eigenvalue weighted by atomic mass is 10.0. The van der Waals surface area contributed by atoms with Crippen LogP contribution in [0.5, 0.6) is 5.88 Å². The standard InChI is InChI=1S/C19H16FN5O/c1-19(2)11-25-18(26-19)16(12-6-8-24-14(9-12)5-7-22-24)17(23-25)15-4-3-13(20)10-21-15/h3-10H,11H2,1-2H3. The minimum Gasteiger partial charge on any atom is -0.469 e. The second-order valence-electron chi connectivity index (χ2n) is 7.03. The van der Waals surface area contributed by atoms with Gasteiger partial charge in [-0.2, -0.15) is 10.2 Å². The fourth-order valence-electron chi connectivity index (χ4n) is 3.34. The van der Waals surface area contributed by atoms with Crippen LogP contribution in [0.1, 0.15) is 13.8 Å². The van der Waals surface area contributed by atoms with E-state index in [9.17, 15) is 4.39 Å². The van der Waals surface area contributed by atoms with E-state index in [-0.39, 0.29) is 11.4 Å². The van der Waals surface area contributed by atoms with Gasteiger partial charge in [-0.05, 0) is 49.7 Å². The van der Waals surface area contributed by atoms with Gasteiger partial charge < -0.3 is 4.74 Å². The predicted molar refractivity (Wildman–Crippen MR) is 94.3 cm³/mol. The average molecular weight is 349 g/mol. The molecule has 5 rings (SSSR count). The van der Waals surface area contributed by atoms with Crippen LogP contribution in [-0.2, 0) is 6.54 Å². The van der Waals surface area contributed by atoms with E-state index in [0.29, 0.717) is 23.8 Å². The number of hydrogen-bond acceptors (Lipinski definition) is 4. The van der Waals surface area contributed by atoms with Gasteiger partial charge in [0.15, 0.2) is 0 Å². The van der Waals surface area contributed by atoms with Crippen molar-refractivity contribution in [1.82, 2.24) is 24.4 Å². The minimum atomic E-state index is -0.375. The van der Waals surface area contributed by atoms with E-state index >= 15 is 0 Å². The van der Waals surface area contributed by atoms with Gasteiger partial charge in [0, 0.05) is 12.4 Å². The second kappa shape index (κ2) is 5.14. The number of hydrogen-bond donors (Lipinski definition) is 0. The van der Waals surface area contributed by atoms with Crippen LogP contribution in [0.4, 0.5) is 4.39 Å². The van der Waals surface area contributed by atoms with Gasteiger partial charge in [-0.15, -0.1) is 0 Å². The van der Waals surface area contributed by atoms with Crippen LogP contribution in [0.2, 0.25) is 0 Å². The van der Waals surface area contributed by atoms with Crippen LogP contribution in [0, 0.1) is 5.82 Å². The van der Waals surface area contributed by atoms with Crippen molar-refractivity contribution in [3.05, 3.63) is 54.7 Å². The molecule has 130 valence electrons. The molecule has 0 atom stereocenters. The molecule has 0 radical (unpaired) electrons. The molecule has 0 spiro atoms. The van der Waals surface area contributed by atoms with Crippen LogP contribution < -0.4 is 4.74 Å². The summed E-state index contributed by atoms with van der Waals surface area (Å²) in [5, 5.41) is 8.95. The highest BCUT2D eigenvalue weighted by atomic mass is 19.1. The SMILES string of the molecule is CC1(C)Cn2nc(-c3ccc(F)cn3)c(-c3ccn4nccc4c3)c2O1. The number of nitrogens with zero attached hydrogens (tertiary/aromatic N) is 5. The highest BCUT2D eigenvalue weighted by Gasteiger charge is 2.36. The van der Waals surface area contributed by atoms with Crippen molar-refractivity contribution in [2.75, 3.05) is 0 Å². The van der Waals surface area contributed by atoms with Crippen molar-refractivity contribution in [2.45, 2.75) is 26.0 Å². The summed E-state index contributed by atoms with van der Waals surface area (Å²) < 4.78 is 23.1. The van der Waals surface area contributed by atoms with Crippen molar-refractivity contribution in [3.8, 4) is 28.4 Å². The molecule has 4 aromatic rings. The molecule has 0 saturated heterocycles. The molecule has 0 N–H and O–H groups in total. The van der Waals surface area contributed by atoms with E-state index in [4.69, 9.17) is 9.84 Å². The summed E-state index contributed by atoms with van der Waals surface area (Å²) in [6.45, 7) is 4.70. The summed E-state index contributed by atoms with van der Waals surface area (Å²) in [4.78, 5) is 4.21. The largest absolute Gasteiger partial charge is 0.469 e. The quantitative estimate of drug-likeness (QED) is 0.555. The highest BCUT2D eigenvalue weighted by molar-refractivity contribution is 5.85. The molecular weight excluding hydrogens is 333 g/mol. The summed E-state index contributed by atoms with van der Waals surface area (Å²) in [7, 11) is 0. The molecule has 4 aromatic heterocycles. The Kier molecular flexibility index (Phi) is 2.98. The molecule has 6 nitrogen and oxygen atoms in total. The Morgan fingerprint density at radius 2 is 2.08 bits per heavy atom. The number of fused-ring (bicyclic) bond motifs is 2. The van der Waals surface area contributed by atoms with Crippen LogP contribution in [-0.4, -0.2) is 30.0 Å². The Morgan fingerprint density at radius 1 is 1.19 bits per heavy atom. The Labute approximate surface area is 148 Å². The summed E-state index contributed by atoms with van der Waals surface area (Å²) >= 11 is 0. The van der Waals surface area contributed by atoms with Gasteiger partial charge in [-0.1, -0.05) is 0 Å². The lowest BCUT2D eigenvalue weighted by Crippen LogP contribution is -2.26. The van der Waals surface area contributed by atoms with Crippen molar-refractivity contribution in [3.63, 3.8) is 0 Å². The van der Waals surface area contributed by atoms with E-state index in [1.54, 1.807) is 16.8 Å². The van der Waals surface area contributed by atoms with Gasteiger partial charge in [-0.25, -0.2) is 13.6 Å². The van der Waals surface area contributed by atoms with Crippen LogP contribution in [0.3, 0.4) is 0 Å². The maximum atomic E-state index is 13.3. The van der Waals surface area contributed by atoms with Gasteiger partial charge in [0.25, 0.3) is 0 Å². The Hall–Kier alpha value is -3.22. The molecule has 7 heteroatoms. The van der Waals surface area contributed by atoms with Crippen molar-refractivity contribution in [2.24, 2.45) is 0 Å². The van der Waals surface area contributed by atoms with Crippen LogP contribution >= 0.6 is 0 Å². The first-order valence-corrected chi connectivity index (χ1v) is 8.36. The van der Waals surface area contributed by atoms with Crippen molar-refractivity contribution >= 4 is 5.52 Å². The van der Waals surface area contributed by atoms with E-state index < -0.39 is 0 Å². The molecule has 26 heavy (non-hydrogen) atoms. The van der Waals surface area contributed by atoms with Gasteiger partial charge in [0.05, 0.1) is 29.5 Å². The topological polar surface area (TPSA) is 57.2 Å². The number of halogens is 1. The molecule has 0 aromatic carbocycles. The fourth-order valence-corrected chi connectivity index (χ4v) is 3.34. The van der Waals surface area contributed by atoms with E-state index in [0.717, 1.165) is 16.6 Å². The number of aromatic nitrogens is 5. The van der Waals surface area contributed by atoms with Crippen LogP contribution in [0.15, 0.2) is 48.9 Å². The highest BCUT2D eigenvalue weighted by Crippen LogP contribution is 2.43. The first-order chi connectivity index (χ1) is 12.5. The van der Waals surface area contributed by atoms with Crippen molar-refractivity contribution < 1.29 is 9.13 Å². The molecule has 0 aliphatic carbocycles. The molecular formula is C19H16FN5O. The molecule has 0 unspecified atom stereocenters. The fraction of sp³-hybridized carbons (Fsp3) is 0.211. The number of ether oxygens (including phenoxy) is 1. The third kappa shape index (κ3) is 2.28. The summed E-state index contributed by atoms with van der Waals surface area (Å²) in [5.74, 6) is 0.333. The zero-order valence-electron chi connectivity index (χ0n) is 14.3. The molecule has 0 bridgehead atoms. The molecule has 0 saturated carbocycles. The number of rotatable bonds is 2. The van der Waals surface area contributed by atoms with E-state index in [1.807, 2.05) is 42.9 Å². The maximum Gasteiger partial charge on any atom is 0.221 e. The molecule has 5 heterocycles. The maximum absolute atomic E-state index is 13.3. The van der Waals surface area contributed by atoms with E-state index in [1.165, 1.54) is 12.3 Å². The Morgan fingerprint density at radius 3 is 2.88 bits per heavy atom. The predicted octanol–water partition coefficient (Wildman–Crippen LogP) is 3.57. The smallest absolute Gasteiger partial charge is 0.221 e. The zero-order chi connectivity index (χ0) is 17.9. The van der Waals surface area contributed by atoms with Crippen LogP contribution in [0.25, 0.3) is 28.0 Å². The average Bonchev–Trinajstić information content (AvgIpc) is 3.26. The minimum absolute atomic E-state index is 0.327. The van der Waals surface area contributed by atoms with Gasteiger partial charge in [0.1, 0.15) is 17.1 Å². The molecule has 1 aliphatic heterocycles. The van der Waals surface area contributed by atoms with Gasteiger partial charge in [0.2, 0.25) is 5.88 Å². The monoisotopic (exact) mass is 349 g/mol. The second-order valence-corrected chi connectivity index (χ2v) is 7.03. The third-order valence-corrected chi connectivity index (χ3v) is 4.47. The Balaban J connectivity index is 1.75. The first-order valence-electron chi connectivity index (χ1n) is 8.36. The van der Waals surface area contributed by atoms with Crippen molar-refractivity contribution in [1.29, 1.82) is 0 Å². The summed E-state index contributed by atoms with van der Waals surface area (Å²) in [6.07, 6.45) is 4.86. The lowest BCUT2D eigenvalue weighted by Gasteiger charge is -2.17. The molecule has 0 fully saturated rings. The first kappa shape index (κ1) is 15.1. The van der Waals surface area contributed by atoms with Gasteiger partial charge in [-0.3, -0.25) is 4.98 Å². The van der Waals surface area contributed by atoms with Gasteiger partial charge >= 0.3 is 0 Å². The molecule has 0 amide bonds. The lowest BCUT2D eigenvalue weighted by molar-refractivity contribution is 0.136. The number of pyridine rings is 2. The third-order valence-electron chi connectivity index (χ3n) is 4.47. The molecule has 1 aliphatic rings. The van der Waals surface area contributed by atoms with E-state index in [2.05, 4.69) is 10.1 Å². The Bertz CT molecular complexity index is 1130. The summed E-state index contributed by atoms with van der Waals surface area (Å²) in [5.41, 5.74) is 3.75. The normalized spacial score (nSPS) is 15.2. The zero-order valence-corrected chi connectivity index (χ0v) is 14.3.